The van der Waals surface area contributed by atoms with Gasteiger partial charge in [0, 0.05) is 5.69 Å². The van der Waals surface area contributed by atoms with Crippen LogP contribution in [0.4, 0.5) is 0 Å². The second-order valence-corrected chi connectivity index (χ2v) is 6.68. The normalized spacial score (nSPS) is 15.4. The number of hydrogen-bond donors (Lipinski definition) is 2. The van der Waals surface area contributed by atoms with E-state index < -0.39 is 24.3 Å². The van der Waals surface area contributed by atoms with Gasteiger partial charge in [-0.2, -0.15) is 0 Å². The highest BCUT2D eigenvalue weighted by molar-refractivity contribution is 6.45. The van der Waals surface area contributed by atoms with Crippen molar-refractivity contribution in [1.82, 2.24) is 4.57 Å². The van der Waals surface area contributed by atoms with Crippen molar-refractivity contribution in [3.8, 4) is 5.75 Å². The molecule has 0 unspecified atom stereocenters. The second kappa shape index (κ2) is 6.84. The number of carbonyl (C=O) groups is 3. The van der Waals surface area contributed by atoms with E-state index in [2.05, 4.69) is 0 Å². The lowest BCUT2D eigenvalue weighted by atomic mass is 10.00. The topological polar surface area (TPSA) is 112 Å². The Morgan fingerprint density at radius 2 is 1.86 bits per heavy atom. The van der Waals surface area contributed by atoms with Crippen LogP contribution in [0, 0.1) is 0 Å². The Morgan fingerprint density at radius 3 is 2.54 bits per heavy atom. The largest absolute Gasteiger partial charge is 0.481 e. The molecule has 1 aliphatic heterocycles. The molecule has 1 amide bonds. The average molecular weight is 378 g/mol. The standard InChI is InChI=1S/C21H18N2O5/c22-21(27)20(26)19-15-10-9-13(12-5-2-1-3-6-12)23(15)14-7-4-8-16(18(14)19)28-11-17(24)25/h1-8,13H,9-11H2,(H2,22,27)(H,24,25)/t13-/m1/s1. The first-order valence-electron chi connectivity index (χ1n) is 8.88. The molecule has 2 heterocycles. The van der Waals surface area contributed by atoms with Crippen molar-refractivity contribution in [3.63, 3.8) is 0 Å². The summed E-state index contributed by atoms with van der Waals surface area (Å²) in [6.45, 7) is -0.550. The number of carbonyl (C=O) groups excluding carboxylic acids is 2. The van der Waals surface area contributed by atoms with Gasteiger partial charge in [0.25, 0.3) is 11.7 Å². The number of hydrogen-bond acceptors (Lipinski definition) is 4. The van der Waals surface area contributed by atoms with E-state index in [9.17, 15) is 14.4 Å². The molecule has 3 N–H and O–H groups in total. The number of ketones is 1. The van der Waals surface area contributed by atoms with Gasteiger partial charge in [0.15, 0.2) is 6.61 Å². The van der Waals surface area contributed by atoms with Crippen LogP contribution in [-0.2, 0) is 16.0 Å². The van der Waals surface area contributed by atoms with Crippen molar-refractivity contribution in [3.05, 3.63) is 65.4 Å². The third-order valence-electron chi connectivity index (χ3n) is 5.05. The fraction of sp³-hybridized carbons (Fsp3) is 0.190. The van der Waals surface area contributed by atoms with Crippen LogP contribution in [-0.4, -0.2) is 33.9 Å². The predicted octanol–water partition coefficient (Wildman–Crippen LogP) is 2.31. The van der Waals surface area contributed by atoms with Gasteiger partial charge >= 0.3 is 5.97 Å². The van der Waals surface area contributed by atoms with E-state index in [1.54, 1.807) is 12.1 Å². The summed E-state index contributed by atoms with van der Waals surface area (Å²) in [5.74, 6) is -2.72. The van der Waals surface area contributed by atoms with Gasteiger partial charge in [-0.3, -0.25) is 9.59 Å². The minimum atomic E-state index is -1.13. The second-order valence-electron chi connectivity index (χ2n) is 6.68. The molecule has 3 aromatic rings. The van der Waals surface area contributed by atoms with Crippen molar-refractivity contribution in [2.24, 2.45) is 5.73 Å². The van der Waals surface area contributed by atoms with Gasteiger partial charge in [0.2, 0.25) is 0 Å². The molecule has 142 valence electrons. The summed E-state index contributed by atoms with van der Waals surface area (Å²) < 4.78 is 7.45. The first-order chi connectivity index (χ1) is 13.5. The molecule has 4 rings (SSSR count). The lowest BCUT2D eigenvalue weighted by molar-refractivity contribution is -0.139. The van der Waals surface area contributed by atoms with E-state index >= 15 is 0 Å². The Labute approximate surface area is 160 Å². The number of ether oxygens (including phenoxy) is 1. The Balaban J connectivity index is 1.97. The van der Waals surface area contributed by atoms with Crippen LogP contribution >= 0.6 is 0 Å². The van der Waals surface area contributed by atoms with E-state index in [4.69, 9.17) is 15.6 Å². The number of amides is 1. The molecule has 7 heteroatoms. The molecule has 0 spiro atoms. The summed E-state index contributed by atoms with van der Waals surface area (Å²) in [7, 11) is 0. The van der Waals surface area contributed by atoms with Gasteiger partial charge in [-0.05, 0) is 30.5 Å². The van der Waals surface area contributed by atoms with Crippen LogP contribution in [0.25, 0.3) is 10.9 Å². The number of carboxylic acid groups (broad SMARTS) is 1. The smallest absolute Gasteiger partial charge is 0.341 e. The fourth-order valence-corrected chi connectivity index (χ4v) is 4.00. The first kappa shape index (κ1) is 17.8. The van der Waals surface area contributed by atoms with Crippen LogP contribution < -0.4 is 10.5 Å². The van der Waals surface area contributed by atoms with Crippen molar-refractivity contribution in [2.75, 3.05) is 6.61 Å². The average Bonchev–Trinajstić information content (AvgIpc) is 3.25. The molecule has 1 aromatic heterocycles. The third-order valence-corrected chi connectivity index (χ3v) is 5.05. The lowest BCUT2D eigenvalue weighted by Gasteiger charge is -2.16. The molecule has 28 heavy (non-hydrogen) atoms. The van der Waals surface area contributed by atoms with Gasteiger partial charge in [-0.1, -0.05) is 36.4 Å². The monoisotopic (exact) mass is 378 g/mol. The van der Waals surface area contributed by atoms with Gasteiger partial charge in [-0.15, -0.1) is 0 Å². The Morgan fingerprint density at radius 1 is 1.11 bits per heavy atom. The maximum atomic E-state index is 12.7. The van der Waals surface area contributed by atoms with Crippen LogP contribution in [0.5, 0.6) is 5.75 Å². The van der Waals surface area contributed by atoms with E-state index in [-0.39, 0.29) is 17.4 Å². The van der Waals surface area contributed by atoms with E-state index in [1.165, 1.54) is 0 Å². The summed E-state index contributed by atoms with van der Waals surface area (Å²) in [4.78, 5) is 35.3. The molecule has 0 saturated carbocycles. The summed E-state index contributed by atoms with van der Waals surface area (Å²) in [5, 5.41) is 9.38. The fourth-order valence-electron chi connectivity index (χ4n) is 4.00. The minimum Gasteiger partial charge on any atom is -0.481 e. The van der Waals surface area contributed by atoms with Crippen LogP contribution in [0.2, 0.25) is 0 Å². The van der Waals surface area contributed by atoms with Crippen molar-refractivity contribution >= 4 is 28.6 Å². The Bertz CT molecular complexity index is 1100. The summed E-state index contributed by atoms with van der Waals surface area (Å²) in [6.07, 6.45) is 1.38. The van der Waals surface area contributed by atoms with Gasteiger partial charge < -0.3 is 20.1 Å². The molecular weight excluding hydrogens is 360 g/mol. The number of nitrogens with zero attached hydrogens (tertiary/aromatic N) is 1. The molecule has 1 aliphatic rings. The maximum Gasteiger partial charge on any atom is 0.341 e. The zero-order valence-corrected chi connectivity index (χ0v) is 14.9. The van der Waals surface area contributed by atoms with E-state index in [0.717, 1.165) is 17.7 Å². The van der Waals surface area contributed by atoms with Crippen LogP contribution in [0.1, 0.15) is 34.1 Å². The zero-order valence-electron chi connectivity index (χ0n) is 14.9. The number of aromatic nitrogens is 1. The zero-order chi connectivity index (χ0) is 19.8. The number of fused-ring (bicyclic) bond motifs is 3. The van der Waals surface area contributed by atoms with Crippen molar-refractivity contribution < 1.29 is 24.2 Å². The Hall–Kier alpha value is -3.61. The van der Waals surface area contributed by atoms with E-state index in [0.29, 0.717) is 17.3 Å². The molecule has 0 saturated heterocycles. The number of carboxylic acids is 1. The number of Topliss-reactive ketones (excluding diaryl/α,β-unsaturated/α-hetero) is 1. The van der Waals surface area contributed by atoms with Crippen molar-refractivity contribution in [2.45, 2.75) is 18.9 Å². The molecule has 0 fully saturated rings. The number of nitrogens with two attached hydrogens (primary N) is 1. The van der Waals surface area contributed by atoms with Crippen LogP contribution in [0.3, 0.4) is 0 Å². The summed E-state index contributed by atoms with van der Waals surface area (Å²) in [5.41, 5.74) is 8.04. The number of aliphatic carboxylic acids is 1. The number of rotatable bonds is 6. The third kappa shape index (κ3) is 2.81. The quantitative estimate of drug-likeness (QED) is 0.505. The summed E-state index contributed by atoms with van der Waals surface area (Å²) >= 11 is 0. The van der Waals surface area contributed by atoms with Gasteiger partial charge in [0.1, 0.15) is 5.75 Å². The molecule has 0 bridgehead atoms. The minimum absolute atomic E-state index is 0.00264. The molecular formula is C21H18N2O5. The maximum absolute atomic E-state index is 12.7. The molecule has 7 nitrogen and oxygen atoms in total. The van der Waals surface area contributed by atoms with Gasteiger partial charge in [-0.25, -0.2) is 4.79 Å². The predicted molar refractivity (Wildman–Crippen MR) is 101 cm³/mol. The number of primary amides is 1. The van der Waals surface area contributed by atoms with E-state index in [1.807, 2.05) is 41.0 Å². The lowest BCUT2D eigenvalue weighted by Crippen LogP contribution is -2.24. The Kier molecular flexibility index (Phi) is 4.35. The number of benzene rings is 2. The van der Waals surface area contributed by atoms with Crippen LogP contribution in [0.15, 0.2) is 48.5 Å². The molecule has 1 atom stereocenters. The molecule has 2 aromatic carbocycles. The highest BCUT2D eigenvalue weighted by Crippen LogP contribution is 2.43. The highest BCUT2D eigenvalue weighted by Gasteiger charge is 2.34. The highest BCUT2D eigenvalue weighted by atomic mass is 16.5. The van der Waals surface area contributed by atoms with Crippen molar-refractivity contribution in [1.29, 1.82) is 0 Å². The summed E-state index contributed by atoms with van der Waals surface area (Å²) in [6, 6.07) is 15.1. The first-order valence-corrected chi connectivity index (χ1v) is 8.88. The molecule has 0 radical (unpaired) electrons. The molecule has 0 aliphatic carbocycles. The van der Waals surface area contributed by atoms with Gasteiger partial charge in [0.05, 0.1) is 22.5 Å². The SMILES string of the molecule is NC(=O)C(=O)c1c2n(c3cccc(OCC(=O)O)c13)[C@@H](c1ccccc1)CC2.